The fourth-order valence-corrected chi connectivity index (χ4v) is 2.75. The van der Waals surface area contributed by atoms with Crippen LogP contribution in [0.25, 0.3) is 0 Å². The second kappa shape index (κ2) is 6.21. The maximum Gasteiger partial charge on any atom is 0.309 e. The Kier molecular flexibility index (Phi) is 4.59. The van der Waals surface area contributed by atoms with E-state index in [4.69, 9.17) is 28.3 Å². The molecule has 0 atom stereocenters. The molecular weight excluding hydrogens is 323 g/mol. The van der Waals surface area contributed by atoms with Crippen LogP contribution in [0.4, 0.5) is 5.13 Å². The average molecular weight is 331 g/mol. The average Bonchev–Trinajstić information content (AvgIpc) is 2.75. The zero-order chi connectivity index (χ0) is 14.7. The van der Waals surface area contributed by atoms with E-state index in [-0.39, 0.29) is 22.0 Å². The van der Waals surface area contributed by atoms with Gasteiger partial charge in [-0.05, 0) is 12.1 Å². The third-order valence-electron chi connectivity index (χ3n) is 2.29. The van der Waals surface area contributed by atoms with Crippen LogP contribution in [0.1, 0.15) is 16.1 Å². The fraction of sp³-hybridized carbons (Fsp3) is 0.0833. The van der Waals surface area contributed by atoms with Gasteiger partial charge in [-0.3, -0.25) is 14.9 Å². The Labute approximate surface area is 128 Å². The number of nitrogens with one attached hydrogen (secondary N) is 1. The summed E-state index contributed by atoms with van der Waals surface area (Å²) in [6.45, 7) is 0. The van der Waals surface area contributed by atoms with Crippen molar-refractivity contribution in [3.8, 4) is 0 Å². The van der Waals surface area contributed by atoms with Crippen molar-refractivity contribution in [3.63, 3.8) is 0 Å². The number of carbonyl (C=O) groups is 2. The van der Waals surface area contributed by atoms with Gasteiger partial charge in [0.05, 0.1) is 27.7 Å². The highest BCUT2D eigenvalue weighted by molar-refractivity contribution is 7.14. The molecule has 2 rings (SSSR count). The Morgan fingerprint density at radius 3 is 2.55 bits per heavy atom. The third kappa shape index (κ3) is 3.47. The number of halogens is 2. The van der Waals surface area contributed by atoms with Gasteiger partial charge in [0.2, 0.25) is 0 Å². The first-order valence-corrected chi connectivity index (χ1v) is 7.02. The lowest BCUT2D eigenvalue weighted by Crippen LogP contribution is -2.13. The maximum absolute atomic E-state index is 12.1. The molecule has 0 radical (unpaired) electrons. The zero-order valence-electron chi connectivity index (χ0n) is 9.89. The van der Waals surface area contributed by atoms with Crippen LogP contribution in [0.3, 0.4) is 0 Å². The number of nitrogens with zero attached hydrogens (tertiary/aromatic N) is 1. The molecule has 0 spiro atoms. The van der Waals surface area contributed by atoms with Gasteiger partial charge in [-0.1, -0.05) is 29.3 Å². The number of hydrogen-bond donors (Lipinski definition) is 2. The number of amides is 1. The van der Waals surface area contributed by atoms with E-state index in [2.05, 4.69) is 10.3 Å². The van der Waals surface area contributed by atoms with Crippen molar-refractivity contribution >= 4 is 51.5 Å². The van der Waals surface area contributed by atoms with Crippen molar-refractivity contribution in [3.05, 3.63) is 44.9 Å². The number of hydrogen-bond acceptors (Lipinski definition) is 4. The van der Waals surface area contributed by atoms with Crippen molar-refractivity contribution in [2.75, 3.05) is 5.32 Å². The Hall–Kier alpha value is -1.63. The highest BCUT2D eigenvalue weighted by Gasteiger charge is 2.16. The van der Waals surface area contributed by atoms with Crippen LogP contribution in [0.5, 0.6) is 0 Å². The summed E-state index contributed by atoms with van der Waals surface area (Å²) in [6, 6.07) is 4.75. The molecule has 0 aliphatic heterocycles. The number of thiazole rings is 1. The van der Waals surface area contributed by atoms with Crippen molar-refractivity contribution in [2.24, 2.45) is 0 Å². The van der Waals surface area contributed by atoms with Crippen LogP contribution >= 0.6 is 34.5 Å². The van der Waals surface area contributed by atoms with Gasteiger partial charge < -0.3 is 5.11 Å². The highest BCUT2D eigenvalue weighted by atomic mass is 35.5. The minimum atomic E-state index is -0.984. The summed E-state index contributed by atoms with van der Waals surface area (Å²) in [5, 5.41) is 13.5. The Balaban J connectivity index is 2.16. The molecule has 0 aliphatic rings. The van der Waals surface area contributed by atoms with E-state index in [1.165, 1.54) is 0 Å². The summed E-state index contributed by atoms with van der Waals surface area (Å²) in [5.41, 5.74) is 0.536. The largest absolute Gasteiger partial charge is 0.481 e. The summed E-state index contributed by atoms with van der Waals surface area (Å²) in [7, 11) is 0. The van der Waals surface area contributed by atoms with Gasteiger partial charge in [-0.25, -0.2) is 4.98 Å². The van der Waals surface area contributed by atoms with Crippen molar-refractivity contribution in [2.45, 2.75) is 6.42 Å². The number of benzene rings is 1. The van der Waals surface area contributed by atoms with E-state index in [0.717, 1.165) is 11.3 Å². The maximum atomic E-state index is 12.1. The number of rotatable bonds is 4. The first-order valence-electron chi connectivity index (χ1n) is 5.39. The topological polar surface area (TPSA) is 79.3 Å². The van der Waals surface area contributed by atoms with Gasteiger partial charge in [0, 0.05) is 5.38 Å². The molecule has 2 N–H and O–H groups in total. The quantitative estimate of drug-likeness (QED) is 0.901. The number of carbonyl (C=O) groups excluding carboxylic acids is 1. The Morgan fingerprint density at radius 2 is 1.95 bits per heavy atom. The van der Waals surface area contributed by atoms with Crippen LogP contribution in [-0.2, 0) is 11.2 Å². The summed E-state index contributed by atoms with van der Waals surface area (Å²) < 4.78 is 0. The van der Waals surface area contributed by atoms with E-state index in [1.54, 1.807) is 23.6 Å². The van der Waals surface area contributed by atoms with Crippen LogP contribution in [0.2, 0.25) is 10.0 Å². The predicted molar refractivity (Wildman–Crippen MR) is 77.9 cm³/mol. The molecule has 0 unspecified atom stereocenters. The molecule has 1 aromatic carbocycles. The molecule has 0 fully saturated rings. The normalized spacial score (nSPS) is 10.3. The lowest BCUT2D eigenvalue weighted by molar-refractivity contribution is -0.136. The van der Waals surface area contributed by atoms with Gasteiger partial charge >= 0.3 is 5.97 Å². The second-order valence-electron chi connectivity index (χ2n) is 3.77. The summed E-state index contributed by atoms with van der Waals surface area (Å²) >= 11 is 13.0. The first-order chi connectivity index (χ1) is 9.47. The van der Waals surface area contributed by atoms with Crippen molar-refractivity contribution in [1.29, 1.82) is 0 Å². The molecule has 0 bridgehead atoms. The lowest BCUT2D eigenvalue weighted by Gasteiger charge is -2.05. The number of anilines is 1. The minimum absolute atomic E-state index is 0.158. The molecule has 1 aromatic heterocycles. The zero-order valence-corrected chi connectivity index (χ0v) is 12.2. The molecule has 0 aliphatic carbocycles. The second-order valence-corrected chi connectivity index (χ2v) is 5.44. The van der Waals surface area contributed by atoms with Crippen LogP contribution in [0.15, 0.2) is 23.6 Å². The Bertz CT molecular complexity index is 652. The molecule has 0 saturated heterocycles. The monoisotopic (exact) mass is 330 g/mol. The van der Waals surface area contributed by atoms with Gasteiger partial charge in [-0.2, -0.15) is 0 Å². The summed E-state index contributed by atoms with van der Waals surface area (Å²) in [5.74, 6) is -1.47. The molecule has 20 heavy (non-hydrogen) atoms. The standard InChI is InChI=1S/C12H8Cl2N2O3S/c13-7-2-1-3-8(14)10(7)11(19)16-12-15-6(5-20-12)4-9(17)18/h1-3,5H,4H2,(H,17,18)(H,15,16,19). The van der Waals surface area contributed by atoms with E-state index in [9.17, 15) is 9.59 Å². The van der Waals surface area contributed by atoms with Gasteiger partial charge in [0.25, 0.3) is 5.91 Å². The molecule has 1 heterocycles. The Morgan fingerprint density at radius 1 is 1.30 bits per heavy atom. The predicted octanol–water partition coefficient (Wildman–Crippen LogP) is 3.33. The molecule has 1 amide bonds. The third-order valence-corrected chi connectivity index (χ3v) is 3.73. The van der Waals surface area contributed by atoms with E-state index in [1.807, 2.05) is 0 Å². The number of carboxylic acid groups (broad SMARTS) is 1. The fourth-order valence-electron chi connectivity index (χ4n) is 1.47. The molecule has 104 valence electrons. The first kappa shape index (κ1) is 14.8. The summed E-state index contributed by atoms with van der Waals surface area (Å²) in [4.78, 5) is 26.6. The number of aromatic nitrogens is 1. The lowest BCUT2D eigenvalue weighted by atomic mass is 10.2. The van der Waals surface area contributed by atoms with E-state index < -0.39 is 11.9 Å². The van der Waals surface area contributed by atoms with Gasteiger partial charge in [0.15, 0.2) is 5.13 Å². The molecule has 0 saturated carbocycles. The van der Waals surface area contributed by atoms with Crippen LogP contribution in [0, 0.1) is 0 Å². The molecule has 2 aromatic rings. The number of aliphatic carboxylic acids is 1. The van der Waals surface area contributed by atoms with Crippen molar-refractivity contribution in [1.82, 2.24) is 4.98 Å². The number of carboxylic acids is 1. The molecular formula is C12H8Cl2N2O3S. The van der Waals surface area contributed by atoms with Crippen LogP contribution < -0.4 is 5.32 Å². The SMILES string of the molecule is O=C(O)Cc1csc(NC(=O)c2c(Cl)cccc2Cl)n1. The van der Waals surface area contributed by atoms with Gasteiger partial charge in [-0.15, -0.1) is 11.3 Å². The van der Waals surface area contributed by atoms with Gasteiger partial charge in [0.1, 0.15) is 0 Å². The van der Waals surface area contributed by atoms with E-state index >= 15 is 0 Å². The molecule has 8 heteroatoms. The summed E-state index contributed by atoms with van der Waals surface area (Å²) in [6.07, 6.45) is -0.195. The minimum Gasteiger partial charge on any atom is -0.481 e. The van der Waals surface area contributed by atoms with Crippen LogP contribution in [-0.4, -0.2) is 22.0 Å². The molecule has 5 nitrogen and oxygen atoms in total. The van der Waals surface area contributed by atoms with E-state index in [0.29, 0.717) is 10.8 Å². The van der Waals surface area contributed by atoms with Crippen molar-refractivity contribution < 1.29 is 14.7 Å². The highest BCUT2D eigenvalue weighted by Crippen LogP contribution is 2.26. The smallest absolute Gasteiger partial charge is 0.309 e.